The van der Waals surface area contributed by atoms with Gasteiger partial charge in [0, 0.05) is 18.7 Å². The molecule has 0 N–H and O–H groups in total. The first-order valence-electron chi connectivity index (χ1n) is 6.24. The van der Waals surface area contributed by atoms with Gasteiger partial charge in [-0.15, -0.1) is 0 Å². The van der Waals surface area contributed by atoms with E-state index in [-0.39, 0.29) is 5.91 Å². The van der Waals surface area contributed by atoms with Crippen LogP contribution in [0.2, 0.25) is 0 Å². The molecule has 3 nitrogen and oxygen atoms in total. The minimum atomic E-state index is 0.141. The van der Waals surface area contributed by atoms with Crippen LogP contribution in [0.25, 0.3) is 0 Å². The molecule has 18 heavy (non-hydrogen) atoms. The molecule has 0 radical (unpaired) electrons. The van der Waals surface area contributed by atoms with Crippen LogP contribution in [0.3, 0.4) is 0 Å². The number of methoxy groups -OCH3 is 1. The summed E-state index contributed by atoms with van der Waals surface area (Å²) < 4.78 is 6.18. The zero-order valence-electron chi connectivity index (χ0n) is 10.8. The first-order chi connectivity index (χ1) is 8.61. The molecule has 1 aromatic rings. The van der Waals surface area contributed by atoms with Crippen LogP contribution in [-0.2, 0) is 0 Å². The van der Waals surface area contributed by atoms with Crippen molar-refractivity contribution in [3.63, 3.8) is 0 Å². The number of hydrogen-bond acceptors (Lipinski definition) is 2. The maximum atomic E-state index is 12.3. The maximum Gasteiger partial charge on any atom is 0.253 e. The van der Waals surface area contributed by atoms with E-state index in [4.69, 9.17) is 4.74 Å². The summed E-state index contributed by atoms with van der Waals surface area (Å²) in [6, 6.07) is 5.61. The minimum absolute atomic E-state index is 0.141. The summed E-state index contributed by atoms with van der Waals surface area (Å²) >= 11 is 2.20. The van der Waals surface area contributed by atoms with E-state index in [0.29, 0.717) is 0 Å². The lowest BCUT2D eigenvalue weighted by molar-refractivity contribution is 0.0697. The van der Waals surface area contributed by atoms with Crippen LogP contribution in [0.1, 0.15) is 30.1 Å². The minimum Gasteiger partial charge on any atom is -0.496 e. The second-order valence-corrected chi connectivity index (χ2v) is 5.99. The Morgan fingerprint density at radius 3 is 2.61 bits per heavy atom. The fraction of sp³-hybridized carbons (Fsp3) is 0.500. The highest BCUT2D eigenvalue weighted by Gasteiger charge is 2.21. The number of amides is 1. The number of benzene rings is 1. The Labute approximate surface area is 122 Å². The monoisotopic (exact) mass is 359 g/mol. The molecule has 0 bridgehead atoms. The molecule has 0 unspecified atom stereocenters. The van der Waals surface area contributed by atoms with Crippen molar-refractivity contribution >= 4 is 28.5 Å². The van der Waals surface area contributed by atoms with E-state index in [9.17, 15) is 4.79 Å². The highest BCUT2D eigenvalue weighted by Crippen LogP contribution is 2.24. The number of piperidine rings is 1. The standard InChI is InChI=1S/C14H18INO2/c1-10-5-7-16(8-6-10)14(17)11-3-4-13(18-2)12(15)9-11/h3-4,9-10H,5-8H2,1-2H3. The Kier molecular flexibility index (Phi) is 4.48. The van der Waals surface area contributed by atoms with E-state index in [2.05, 4.69) is 29.5 Å². The summed E-state index contributed by atoms with van der Waals surface area (Å²) in [7, 11) is 1.64. The number of carbonyl (C=O) groups excluding carboxylic acids is 1. The van der Waals surface area contributed by atoms with Crippen LogP contribution in [0.5, 0.6) is 5.75 Å². The molecule has 1 aromatic carbocycles. The number of ether oxygens (including phenoxy) is 1. The largest absolute Gasteiger partial charge is 0.496 e. The molecule has 1 amide bonds. The lowest BCUT2D eigenvalue weighted by atomic mass is 9.98. The third kappa shape index (κ3) is 2.96. The first-order valence-corrected chi connectivity index (χ1v) is 7.32. The van der Waals surface area contributed by atoms with Crippen LogP contribution in [0, 0.1) is 9.49 Å². The Morgan fingerprint density at radius 2 is 2.06 bits per heavy atom. The van der Waals surface area contributed by atoms with E-state index in [1.54, 1.807) is 7.11 Å². The van der Waals surface area contributed by atoms with Crippen molar-refractivity contribution in [1.82, 2.24) is 4.90 Å². The van der Waals surface area contributed by atoms with Gasteiger partial charge in [-0.2, -0.15) is 0 Å². The smallest absolute Gasteiger partial charge is 0.253 e. The molecule has 0 saturated carbocycles. The molecule has 98 valence electrons. The van der Waals surface area contributed by atoms with Gasteiger partial charge in [-0.3, -0.25) is 4.79 Å². The van der Waals surface area contributed by atoms with Gasteiger partial charge in [0.05, 0.1) is 10.7 Å². The number of hydrogen-bond donors (Lipinski definition) is 0. The van der Waals surface area contributed by atoms with E-state index in [1.165, 1.54) is 0 Å². The summed E-state index contributed by atoms with van der Waals surface area (Å²) in [4.78, 5) is 14.3. The number of carbonyl (C=O) groups is 1. The molecule has 0 atom stereocenters. The molecule has 0 aromatic heterocycles. The molecule has 0 aliphatic carbocycles. The normalized spacial score (nSPS) is 16.7. The number of halogens is 1. The summed E-state index contributed by atoms with van der Waals surface area (Å²) in [6.07, 6.45) is 2.22. The van der Waals surface area contributed by atoms with Gasteiger partial charge >= 0.3 is 0 Å². The van der Waals surface area contributed by atoms with Gasteiger partial charge in [0.15, 0.2) is 0 Å². The maximum absolute atomic E-state index is 12.3. The van der Waals surface area contributed by atoms with Crippen molar-refractivity contribution in [2.45, 2.75) is 19.8 Å². The number of nitrogens with zero attached hydrogens (tertiary/aromatic N) is 1. The highest BCUT2D eigenvalue weighted by atomic mass is 127. The summed E-state index contributed by atoms with van der Waals surface area (Å²) in [5.41, 5.74) is 0.759. The van der Waals surface area contributed by atoms with Gasteiger partial charge in [0.2, 0.25) is 0 Å². The van der Waals surface area contributed by atoms with Crippen molar-refractivity contribution in [2.24, 2.45) is 5.92 Å². The Balaban J connectivity index is 2.11. The van der Waals surface area contributed by atoms with Crippen molar-refractivity contribution in [3.8, 4) is 5.75 Å². The van der Waals surface area contributed by atoms with Crippen LogP contribution in [0.4, 0.5) is 0 Å². The predicted molar refractivity (Wildman–Crippen MR) is 80.0 cm³/mol. The van der Waals surface area contributed by atoms with Gasteiger partial charge < -0.3 is 9.64 Å². The van der Waals surface area contributed by atoms with Gasteiger partial charge in [0.1, 0.15) is 5.75 Å². The average Bonchev–Trinajstić information content (AvgIpc) is 2.38. The van der Waals surface area contributed by atoms with Crippen molar-refractivity contribution in [1.29, 1.82) is 0 Å². The van der Waals surface area contributed by atoms with Gasteiger partial charge in [-0.05, 0) is 59.5 Å². The SMILES string of the molecule is COc1ccc(C(=O)N2CCC(C)CC2)cc1I. The van der Waals surface area contributed by atoms with Crippen LogP contribution < -0.4 is 4.74 Å². The molecule has 1 heterocycles. The van der Waals surface area contributed by atoms with Crippen LogP contribution in [-0.4, -0.2) is 31.0 Å². The zero-order chi connectivity index (χ0) is 13.1. The Hall–Kier alpha value is -0.780. The summed E-state index contributed by atoms with van der Waals surface area (Å²) in [5.74, 6) is 1.70. The molecule has 1 fully saturated rings. The molecular formula is C14H18INO2. The van der Waals surface area contributed by atoms with E-state index in [1.807, 2.05) is 23.1 Å². The second-order valence-electron chi connectivity index (χ2n) is 4.82. The van der Waals surface area contributed by atoms with E-state index >= 15 is 0 Å². The Bertz CT molecular complexity index is 439. The summed E-state index contributed by atoms with van der Waals surface area (Å²) in [6.45, 7) is 4.00. The molecule has 2 rings (SSSR count). The van der Waals surface area contributed by atoms with Gasteiger partial charge in [-0.1, -0.05) is 6.92 Å². The molecule has 0 spiro atoms. The van der Waals surface area contributed by atoms with Crippen LogP contribution >= 0.6 is 22.6 Å². The lowest BCUT2D eigenvalue weighted by Gasteiger charge is -2.30. The molecule has 1 aliphatic heterocycles. The topological polar surface area (TPSA) is 29.5 Å². The fourth-order valence-electron chi connectivity index (χ4n) is 2.19. The van der Waals surface area contributed by atoms with Gasteiger partial charge in [0.25, 0.3) is 5.91 Å². The predicted octanol–water partition coefficient (Wildman–Crippen LogP) is 3.17. The average molecular weight is 359 g/mol. The number of rotatable bonds is 2. The fourth-order valence-corrected chi connectivity index (χ4v) is 2.93. The molecule has 1 aliphatic rings. The third-order valence-corrected chi connectivity index (χ3v) is 4.31. The van der Waals surface area contributed by atoms with E-state index < -0.39 is 0 Å². The van der Waals surface area contributed by atoms with Crippen molar-refractivity contribution in [3.05, 3.63) is 27.3 Å². The zero-order valence-corrected chi connectivity index (χ0v) is 12.9. The lowest BCUT2D eigenvalue weighted by Crippen LogP contribution is -2.37. The van der Waals surface area contributed by atoms with Crippen LogP contribution in [0.15, 0.2) is 18.2 Å². The highest BCUT2D eigenvalue weighted by molar-refractivity contribution is 14.1. The first kappa shape index (κ1) is 13.6. The summed E-state index contributed by atoms with van der Waals surface area (Å²) in [5, 5.41) is 0. The third-order valence-electron chi connectivity index (χ3n) is 3.47. The molecular weight excluding hydrogens is 341 g/mol. The Morgan fingerprint density at radius 1 is 1.39 bits per heavy atom. The van der Waals surface area contributed by atoms with E-state index in [0.717, 1.165) is 46.7 Å². The molecule has 4 heteroatoms. The second kappa shape index (κ2) is 5.91. The van der Waals surface area contributed by atoms with Crippen molar-refractivity contribution < 1.29 is 9.53 Å². The van der Waals surface area contributed by atoms with Crippen molar-refractivity contribution in [2.75, 3.05) is 20.2 Å². The van der Waals surface area contributed by atoms with Gasteiger partial charge in [-0.25, -0.2) is 0 Å². The quantitative estimate of drug-likeness (QED) is 0.760. The number of likely N-dealkylation sites (tertiary alicyclic amines) is 1. The molecule has 1 saturated heterocycles.